The molecule has 0 radical (unpaired) electrons. The smallest absolute Gasteiger partial charge is 0.303 e. The van der Waals surface area contributed by atoms with E-state index < -0.39 is 12.1 Å². The van der Waals surface area contributed by atoms with Gasteiger partial charge < -0.3 is 14.9 Å². The van der Waals surface area contributed by atoms with Gasteiger partial charge in [0.2, 0.25) is 0 Å². The number of benzene rings is 2. The maximum atomic E-state index is 11.4. The number of hydrogen-bond donors (Lipinski definition) is 2. The average Bonchev–Trinajstić information content (AvgIpc) is 3.27. The summed E-state index contributed by atoms with van der Waals surface area (Å²) in [6, 6.07) is 10.3. The van der Waals surface area contributed by atoms with Gasteiger partial charge in [0, 0.05) is 11.8 Å². The van der Waals surface area contributed by atoms with Crippen LogP contribution in [0.4, 0.5) is 0 Å². The lowest BCUT2D eigenvalue weighted by Gasteiger charge is -2.47. The molecule has 3 aliphatic rings. The summed E-state index contributed by atoms with van der Waals surface area (Å²) in [6.45, 7) is 2.22. The first-order chi connectivity index (χ1) is 12.4. The van der Waals surface area contributed by atoms with Gasteiger partial charge in [-0.05, 0) is 70.5 Å². The van der Waals surface area contributed by atoms with Crippen molar-refractivity contribution in [2.24, 2.45) is 17.3 Å². The van der Waals surface area contributed by atoms with Crippen molar-refractivity contribution < 1.29 is 19.7 Å². The standard InChI is InChI=1S/C22H24O4/c1-21-11-18(23)20-16-5-4-15(26-2)7-12(16)3-6-17(20)22(21)10-14(22)8-13(21)9-19(24)25/h3-7,13-14,18,23H,8-11H2,1-2H3,(H,24,25)/t13-,14+,18+,21+,22-/m0/s1. The number of carboxylic acids is 1. The summed E-state index contributed by atoms with van der Waals surface area (Å²) < 4.78 is 5.34. The van der Waals surface area contributed by atoms with Crippen LogP contribution in [0.1, 0.15) is 49.8 Å². The zero-order valence-corrected chi connectivity index (χ0v) is 15.2. The van der Waals surface area contributed by atoms with Gasteiger partial charge in [-0.15, -0.1) is 0 Å². The Bertz CT molecular complexity index is 935. The highest BCUT2D eigenvalue weighted by Gasteiger charge is 2.74. The first-order valence-electron chi connectivity index (χ1n) is 9.41. The van der Waals surface area contributed by atoms with Crippen molar-refractivity contribution in [3.63, 3.8) is 0 Å². The van der Waals surface area contributed by atoms with E-state index in [1.807, 2.05) is 12.1 Å². The molecule has 0 saturated heterocycles. The molecule has 0 unspecified atom stereocenters. The van der Waals surface area contributed by atoms with E-state index in [1.54, 1.807) is 7.11 Å². The van der Waals surface area contributed by atoms with Crippen LogP contribution in [0.15, 0.2) is 30.3 Å². The Morgan fingerprint density at radius 3 is 2.81 bits per heavy atom. The van der Waals surface area contributed by atoms with Crippen molar-refractivity contribution in [1.82, 2.24) is 0 Å². The van der Waals surface area contributed by atoms with E-state index in [2.05, 4.69) is 25.1 Å². The summed E-state index contributed by atoms with van der Waals surface area (Å²) in [4.78, 5) is 11.4. The van der Waals surface area contributed by atoms with Crippen molar-refractivity contribution in [3.05, 3.63) is 41.5 Å². The van der Waals surface area contributed by atoms with Crippen LogP contribution in [-0.4, -0.2) is 23.3 Å². The topological polar surface area (TPSA) is 66.8 Å². The van der Waals surface area contributed by atoms with Gasteiger partial charge in [-0.2, -0.15) is 0 Å². The SMILES string of the molecule is COc1ccc2c3c(ccc2c1)[C@]12C[C@H]1C[C@@H](CC(=O)O)[C@@]2(C)C[C@H]3O. The minimum Gasteiger partial charge on any atom is -0.497 e. The number of rotatable bonds is 3. The molecule has 2 aromatic carbocycles. The van der Waals surface area contributed by atoms with Crippen molar-refractivity contribution in [1.29, 1.82) is 0 Å². The van der Waals surface area contributed by atoms with E-state index in [4.69, 9.17) is 4.74 Å². The van der Waals surface area contributed by atoms with Crippen LogP contribution in [0.25, 0.3) is 10.8 Å². The molecule has 0 bridgehead atoms. The van der Waals surface area contributed by atoms with Crippen LogP contribution in [0.2, 0.25) is 0 Å². The highest BCUT2D eigenvalue weighted by Crippen LogP contribution is 2.79. The summed E-state index contributed by atoms with van der Waals surface area (Å²) in [7, 11) is 1.66. The fourth-order valence-corrected chi connectivity index (χ4v) is 6.50. The molecule has 0 aliphatic heterocycles. The Labute approximate surface area is 152 Å². The zero-order valence-electron chi connectivity index (χ0n) is 15.2. The van der Waals surface area contributed by atoms with E-state index in [0.29, 0.717) is 12.3 Å². The summed E-state index contributed by atoms with van der Waals surface area (Å²) in [6.07, 6.45) is 2.41. The number of aliphatic carboxylic acids is 1. The number of methoxy groups -OCH3 is 1. The van der Waals surface area contributed by atoms with Crippen LogP contribution in [-0.2, 0) is 10.2 Å². The number of carbonyl (C=O) groups is 1. The number of aliphatic hydroxyl groups is 1. The van der Waals surface area contributed by atoms with Crippen molar-refractivity contribution in [2.45, 2.75) is 44.1 Å². The highest BCUT2D eigenvalue weighted by molar-refractivity contribution is 5.89. The van der Waals surface area contributed by atoms with Gasteiger partial charge in [0.25, 0.3) is 0 Å². The molecular formula is C22H24O4. The summed E-state index contributed by atoms with van der Waals surface area (Å²) in [5, 5.41) is 22.6. The second-order valence-corrected chi connectivity index (χ2v) is 8.65. The number of carboxylic acid groups (broad SMARTS) is 1. The predicted molar refractivity (Wildman–Crippen MR) is 98.3 cm³/mol. The van der Waals surface area contributed by atoms with E-state index in [9.17, 15) is 15.0 Å². The van der Waals surface area contributed by atoms with Gasteiger partial charge in [0.05, 0.1) is 13.2 Å². The summed E-state index contributed by atoms with van der Waals surface area (Å²) >= 11 is 0. The third kappa shape index (κ3) is 1.81. The largest absolute Gasteiger partial charge is 0.497 e. The number of fused-ring (bicyclic) bond motifs is 3. The Hall–Kier alpha value is -2.07. The van der Waals surface area contributed by atoms with Crippen molar-refractivity contribution in [3.8, 4) is 5.75 Å². The maximum Gasteiger partial charge on any atom is 0.303 e. The molecule has 4 nitrogen and oxygen atoms in total. The molecule has 2 N–H and O–H groups in total. The summed E-state index contributed by atoms with van der Waals surface area (Å²) in [5.41, 5.74) is 2.23. The Balaban J connectivity index is 1.69. The predicted octanol–water partition coefficient (Wildman–Crippen LogP) is 4.04. The molecule has 2 saturated carbocycles. The number of ether oxygens (including phenoxy) is 1. The molecule has 136 valence electrons. The van der Waals surface area contributed by atoms with Gasteiger partial charge in [-0.1, -0.05) is 25.1 Å². The average molecular weight is 352 g/mol. The molecule has 5 rings (SSSR count). The normalized spacial score (nSPS) is 37.0. The van der Waals surface area contributed by atoms with Gasteiger partial charge in [0.1, 0.15) is 5.75 Å². The van der Waals surface area contributed by atoms with Crippen LogP contribution in [0.5, 0.6) is 5.75 Å². The fraction of sp³-hybridized carbons (Fsp3) is 0.500. The van der Waals surface area contributed by atoms with E-state index >= 15 is 0 Å². The molecule has 4 heteroatoms. The Kier molecular flexibility index (Phi) is 3.11. The first kappa shape index (κ1) is 16.1. The first-order valence-corrected chi connectivity index (χ1v) is 9.41. The quantitative estimate of drug-likeness (QED) is 0.875. The van der Waals surface area contributed by atoms with Crippen molar-refractivity contribution >= 4 is 16.7 Å². The molecule has 0 heterocycles. The van der Waals surface area contributed by atoms with Gasteiger partial charge in [-0.25, -0.2) is 0 Å². The number of hydrogen-bond acceptors (Lipinski definition) is 3. The van der Waals surface area contributed by atoms with E-state index in [-0.39, 0.29) is 23.2 Å². The molecule has 0 aromatic heterocycles. The highest BCUT2D eigenvalue weighted by atomic mass is 16.5. The molecular weight excluding hydrogens is 328 g/mol. The van der Waals surface area contributed by atoms with Crippen LogP contribution < -0.4 is 4.74 Å². The molecule has 0 amide bonds. The second kappa shape index (κ2) is 5.01. The summed E-state index contributed by atoms with van der Waals surface area (Å²) in [5.74, 6) is 0.794. The Morgan fingerprint density at radius 2 is 2.08 bits per heavy atom. The van der Waals surface area contributed by atoms with Gasteiger partial charge in [0.15, 0.2) is 0 Å². The fourth-order valence-electron chi connectivity index (χ4n) is 6.50. The molecule has 2 aromatic rings. The Morgan fingerprint density at radius 1 is 1.27 bits per heavy atom. The van der Waals surface area contributed by atoms with Crippen LogP contribution >= 0.6 is 0 Å². The van der Waals surface area contributed by atoms with Crippen molar-refractivity contribution in [2.75, 3.05) is 7.11 Å². The van der Waals surface area contributed by atoms with E-state index in [1.165, 1.54) is 5.56 Å². The third-order valence-corrected chi connectivity index (χ3v) is 7.72. The van der Waals surface area contributed by atoms with Crippen LogP contribution in [0, 0.1) is 17.3 Å². The zero-order chi connectivity index (χ0) is 18.3. The van der Waals surface area contributed by atoms with Gasteiger partial charge >= 0.3 is 5.97 Å². The van der Waals surface area contributed by atoms with E-state index in [0.717, 1.165) is 34.9 Å². The molecule has 3 aliphatic carbocycles. The molecule has 2 fully saturated rings. The lowest BCUT2D eigenvalue weighted by atomic mass is 9.57. The maximum absolute atomic E-state index is 11.4. The van der Waals surface area contributed by atoms with Crippen LogP contribution in [0.3, 0.4) is 0 Å². The lowest BCUT2D eigenvalue weighted by molar-refractivity contribution is -0.139. The monoisotopic (exact) mass is 352 g/mol. The van der Waals surface area contributed by atoms with Gasteiger partial charge in [-0.3, -0.25) is 4.79 Å². The minimum atomic E-state index is -0.724. The lowest BCUT2D eigenvalue weighted by Crippen LogP contribution is -2.42. The molecule has 26 heavy (non-hydrogen) atoms. The molecule has 1 spiro atoms. The molecule has 5 atom stereocenters. The third-order valence-electron chi connectivity index (χ3n) is 7.72. The minimum absolute atomic E-state index is 0.0514. The second-order valence-electron chi connectivity index (χ2n) is 8.65. The number of aliphatic hydroxyl groups excluding tert-OH is 1.